The highest BCUT2D eigenvalue weighted by molar-refractivity contribution is 7.17. The lowest BCUT2D eigenvalue weighted by atomic mass is 9.73. The van der Waals surface area contributed by atoms with Gasteiger partial charge in [-0.2, -0.15) is 0 Å². The van der Waals surface area contributed by atoms with E-state index in [1.165, 1.54) is 75.1 Å². The van der Waals surface area contributed by atoms with E-state index in [4.69, 9.17) is 0 Å². The van der Waals surface area contributed by atoms with Gasteiger partial charge < -0.3 is 4.57 Å². The highest BCUT2D eigenvalue weighted by Crippen LogP contribution is 2.41. The van der Waals surface area contributed by atoms with Crippen molar-refractivity contribution >= 4 is 55.4 Å². The molecule has 0 fully saturated rings. The molecule has 0 amide bonds. The minimum absolute atomic E-state index is 0.0762. The first kappa shape index (κ1) is 24.4. The molecule has 2 heteroatoms. The van der Waals surface area contributed by atoms with Crippen molar-refractivity contribution in [3.63, 3.8) is 0 Å². The summed E-state index contributed by atoms with van der Waals surface area (Å²) in [6, 6.07) is 40.1. The Morgan fingerprint density at radius 2 is 1.37 bits per heavy atom. The highest BCUT2D eigenvalue weighted by atomic mass is 32.1. The van der Waals surface area contributed by atoms with Crippen molar-refractivity contribution in [2.24, 2.45) is 0 Å². The average molecular weight is 546 g/mol. The zero-order valence-electron chi connectivity index (χ0n) is 23.6. The summed E-state index contributed by atoms with van der Waals surface area (Å²) in [6.07, 6.45) is 6.02. The van der Waals surface area contributed by atoms with Gasteiger partial charge in [-0.15, -0.1) is 11.3 Å². The molecule has 1 aliphatic rings. The predicted molar refractivity (Wildman–Crippen MR) is 178 cm³/mol. The van der Waals surface area contributed by atoms with Crippen LogP contribution >= 0.6 is 11.3 Å². The summed E-state index contributed by atoms with van der Waals surface area (Å²) in [5, 5.41) is 5.35. The van der Waals surface area contributed by atoms with E-state index in [1.807, 2.05) is 11.3 Å². The zero-order chi connectivity index (χ0) is 27.7. The fourth-order valence-corrected chi connectivity index (χ4v) is 8.31. The molecule has 0 radical (unpaired) electrons. The Kier molecular flexibility index (Phi) is 5.39. The average Bonchev–Trinajstić information content (AvgIpc) is 3.52. The molecule has 0 saturated heterocycles. The van der Waals surface area contributed by atoms with Gasteiger partial charge in [-0.05, 0) is 77.6 Å². The van der Waals surface area contributed by atoms with Crippen LogP contribution in [0.3, 0.4) is 0 Å². The smallest absolute Gasteiger partial charge is 0.0541 e. The standard InChI is InChI=1S/C39H31NS/c1-25-11-4-5-13-28(25)38-26(2)12-10-16-33(38)39(3)22-21-32-31-20-19-27(23-36(31)41-37(32)24-39)40-34-17-8-6-14-29(34)30-15-7-9-18-35(30)40/h4-21,23-24H,22H2,1-3H3. The third kappa shape index (κ3) is 3.67. The quantitative estimate of drug-likeness (QED) is 0.209. The SMILES string of the molecule is Cc1ccccc1-c1c(C)cccc1C1(C)C=c2sc3cc(-n4c5ccccc5c5ccccc54)ccc3c2=CC1. The fraction of sp³-hybridized carbons (Fsp3) is 0.128. The molecule has 1 atom stereocenters. The maximum atomic E-state index is 2.55. The number of thiophene rings is 1. The molecule has 0 N–H and O–H groups in total. The molecule has 1 unspecified atom stereocenters. The van der Waals surface area contributed by atoms with Crippen LogP contribution in [0.25, 0.3) is 60.9 Å². The Bertz CT molecular complexity index is 2230. The van der Waals surface area contributed by atoms with Gasteiger partial charge in [-0.3, -0.25) is 0 Å². The van der Waals surface area contributed by atoms with Crippen molar-refractivity contribution in [3.8, 4) is 16.8 Å². The van der Waals surface area contributed by atoms with Crippen LogP contribution in [-0.2, 0) is 5.41 Å². The first-order valence-corrected chi connectivity index (χ1v) is 15.2. The number of benzene rings is 5. The summed E-state index contributed by atoms with van der Waals surface area (Å²) < 4.78 is 5.14. The van der Waals surface area contributed by atoms with Gasteiger partial charge in [0.25, 0.3) is 0 Å². The third-order valence-electron chi connectivity index (χ3n) is 9.06. The van der Waals surface area contributed by atoms with E-state index >= 15 is 0 Å². The second kappa shape index (κ2) is 9.06. The van der Waals surface area contributed by atoms with Gasteiger partial charge in [0.2, 0.25) is 0 Å². The van der Waals surface area contributed by atoms with Crippen LogP contribution < -0.4 is 9.75 Å². The van der Waals surface area contributed by atoms with Gasteiger partial charge >= 0.3 is 0 Å². The van der Waals surface area contributed by atoms with Crippen molar-refractivity contribution in [1.29, 1.82) is 0 Å². The Labute approximate surface area is 244 Å². The minimum atomic E-state index is -0.0762. The van der Waals surface area contributed by atoms with Crippen LogP contribution in [-0.4, -0.2) is 4.57 Å². The molecule has 2 heterocycles. The van der Waals surface area contributed by atoms with Gasteiger partial charge in [-0.25, -0.2) is 0 Å². The van der Waals surface area contributed by atoms with Gasteiger partial charge in [0.15, 0.2) is 0 Å². The number of hydrogen-bond acceptors (Lipinski definition) is 1. The Hall–Kier alpha value is -4.40. The summed E-state index contributed by atoms with van der Waals surface area (Å²) in [4.78, 5) is 0. The number of hydrogen-bond donors (Lipinski definition) is 0. The number of nitrogens with zero attached hydrogens (tertiary/aromatic N) is 1. The number of para-hydroxylation sites is 2. The molecular weight excluding hydrogens is 515 g/mol. The van der Waals surface area contributed by atoms with E-state index < -0.39 is 0 Å². The van der Waals surface area contributed by atoms with Crippen molar-refractivity contribution in [1.82, 2.24) is 4.57 Å². The topological polar surface area (TPSA) is 4.93 Å². The number of fused-ring (bicyclic) bond motifs is 6. The molecule has 1 aliphatic carbocycles. The van der Waals surface area contributed by atoms with Crippen LogP contribution in [0.15, 0.2) is 109 Å². The normalized spacial score (nSPS) is 16.6. The Morgan fingerprint density at radius 1 is 0.683 bits per heavy atom. The van der Waals surface area contributed by atoms with Crippen LogP contribution in [0.5, 0.6) is 0 Å². The molecule has 0 saturated carbocycles. The van der Waals surface area contributed by atoms with E-state index in [0.29, 0.717) is 0 Å². The molecule has 41 heavy (non-hydrogen) atoms. The lowest BCUT2D eigenvalue weighted by molar-refractivity contribution is 0.656. The van der Waals surface area contributed by atoms with Crippen molar-refractivity contribution in [2.45, 2.75) is 32.6 Å². The summed E-state index contributed by atoms with van der Waals surface area (Å²) in [5.74, 6) is 0. The van der Waals surface area contributed by atoms with E-state index in [1.54, 1.807) is 0 Å². The van der Waals surface area contributed by atoms with E-state index in [2.05, 4.69) is 147 Å². The van der Waals surface area contributed by atoms with Crippen LogP contribution in [0, 0.1) is 13.8 Å². The molecule has 5 aromatic carbocycles. The summed E-state index contributed by atoms with van der Waals surface area (Å²) in [6.45, 7) is 6.89. The second-order valence-electron chi connectivity index (χ2n) is 11.7. The van der Waals surface area contributed by atoms with Crippen molar-refractivity contribution < 1.29 is 0 Å². The van der Waals surface area contributed by atoms with Gasteiger partial charge in [-0.1, -0.05) is 104 Å². The lowest BCUT2D eigenvalue weighted by Gasteiger charge is -2.31. The molecule has 7 aromatic rings. The van der Waals surface area contributed by atoms with Gasteiger partial charge in [0.1, 0.15) is 0 Å². The lowest BCUT2D eigenvalue weighted by Crippen LogP contribution is -2.32. The maximum Gasteiger partial charge on any atom is 0.0541 e. The molecule has 0 spiro atoms. The first-order chi connectivity index (χ1) is 20.0. The fourth-order valence-electron chi connectivity index (χ4n) is 6.99. The zero-order valence-corrected chi connectivity index (χ0v) is 24.4. The molecular formula is C39H31NS. The molecule has 2 aromatic heterocycles. The van der Waals surface area contributed by atoms with E-state index in [0.717, 1.165) is 6.42 Å². The van der Waals surface area contributed by atoms with Gasteiger partial charge in [0.05, 0.1) is 11.0 Å². The molecule has 0 bridgehead atoms. The highest BCUT2D eigenvalue weighted by Gasteiger charge is 2.29. The largest absolute Gasteiger partial charge is 0.309 e. The molecule has 0 aliphatic heterocycles. The number of aromatic nitrogens is 1. The molecule has 198 valence electrons. The van der Waals surface area contributed by atoms with E-state index in [9.17, 15) is 0 Å². The predicted octanol–water partition coefficient (Wildman–Crippen LogP) is 9.20. The summed E-state index contributed by atoms with van der Waals surface area (Å²) in [7, 11) is 0. The Morgan fingerprint density at radius 3 is 2.12 bits per heavy atom. The van der Waals surface area contributed by atoms with Crippen molar-refractivity contribution in [2.75, 3.05) is 0 Å². The van der Waals surface area contributed by atoms with Crippen LogP contribution in [0.2, 0.25) is 0 Å². The van der Waals surface area contributed by atoms with Crippen LogP contribution in [0.1, 0.15) is 30.0 Å². The summed E-state index contributed by atoms with van der Waals surface area (Å²) in [5.41, 5.74) is 10.5. The van der Waals surface area contributed by atoms with Gasteiger partial charge in [0, 0.05) is 36.5 Å². The minimum Gasteiger partial charge on any atom is -0.309 e. The second-order valence-corrected chi connectivity index (χ2v) is 12.8. The summed E-state index contributed by atoms with van der Waals surface area (Å²) >= 11 is 1.93. The third-order valence-corrected chi connectivity index (χ3v) is 10.2. The van der Waals surface area contributed by atoms with Crippen LogP contribution in [0.4, 0.5) is 0 Å². The maximum absolute atomic E-state index is 2.55. The monoisotopic (exact) mass is 545 g/mol. The number of aryl methyl sites for hydroxylation is 2. The first-order valence-electron chi connectivity index (χ1n) is 14.4. The van der Waals surface area contributed by atoms with E-state index in [-0.39, 0.29) is 5.41 Å². The Balaban J connectivity index is 1.31. The number of rotatable bonds is 3. The molecule has 1 nitrogen and oxygen atoms in total. The van der Waals surface area contributed by atoms with Crippen molar-refractivity contribution in [3.05, 3.63) is 136 Å². The molecule has 8 rings (SSSR count).